The molecule has 0 aromatic heterocycles. The topological polar surface area (TPSA) is 77.5 Å². The van der Waals surface area contributed by atoms with Crippen molar-refractivity contribution < 1.29 is 27.4 Å². The molecule has 6 rings (SSSR count). The maximum Gasteiger partial charge on any atom is 0.243 e. The fraction of sp³-hybridized carbons (Fsp3) is 0.486. The SMILES string of the molecule is CC[C@H]1CN2CCc3cc(OC)c(OC)cc3[C@@H]2C[C@@H]1C[C@@H]1c2cc(OC)c(OC)cc2CCN1S(=O)(=O)c1ccc(Cl)cc1. The van der Waals surface area contributed by atoms with Crippen molar-refractivity contribution in [2.45, 2.75) is 56.0 Å². The largest absolute Gasteiger partial charge is 0.493 e. The van der Waals surface area contributed by atoms with Crippen LogP contribution in [0, 0.1) is 11.8 Å². The van der Waals surface area contributed by atoms with E-state index in [-0.39, 0.29) is 17.0 Å². The van der Waals surface area contributed by atoms with Crippen molar-refractivity contribution in [2.24, 2.45) is 11.8 Å². The molecule has 3 heterocycles. The van der Waals surface area contributed by atoms with Gasteiger partial charge in [0, 0.05) is 30.7 Å². The number of fused-ring (bicyclic) bond motifs is 4. The van der Waals surface area contributed by atoms with Crippen LogP contribution in [-0.4, -0.2) is 65.7 Å². The Bertz CT molecular complexity index is 1650. The molecule has 3 aliphatic heterocycles. The van der Waals surface area contributed by atoms with Gasteiger partial charge in [0.05, 0.1) is 39.4 Å². The van der Waals surface area contributed by atoms with E-state index < -0.39 is 10.0 Å². The molecule has 4 atom stereocenters. The van der Waals surface area contributed by atoms with E-state index in [1.165, 1.54) is 11.1 Å². The average molecular weight is 655 g/mol. The molecule has 0 amide bonds. The summed E-state index contributed by atoms with van der Waals surface area (Å²) in [6.07, 6.45) is 4.24. The molecule has 45 heavy (non-hydrogen) atoms. The summed E-state index contributed by atoms with van der Waals surface area (Å²) < 4.78 is 53.0. The van der Waals surface area contributed by atoms with Gasteiger partial charge in [0.2, 0.25) is 10.0 Å². The summed E-state index contributed by atoms with van der Waals surface area (Å²) in [5.41, 5.74) is 4.68. The highest BCUT2D eigenvalue weighted by Gasteiger charge is 2.43. The summed E-state index contributed by atoms with van der Waals surface area (Å²) in [4.78, 5) is 2.87. The number of halogens is 1. The van der Waals surface area contributed by atoms with Gasteiger partial charge in [-0.3, -0.25) is 4.90 Å². The van der Waals surface area contributed by atoms with Crippen molar-refractivity contribution in [3.05, 3.63) is 75.8 Å². The third-order valence-electron chi connectivity index (χ3n) is 10.2. The summed E-state index contributed by atoms with van der Waals surface area (Å²) in [5, 5.41) is 0.505. The molecule has 0 unspecified atom stereocenters. The fourth-order valence-corrected chi connectivity index (χ4v) is 9.56. The zero-order chi connectivity index (χ0) is 31.9. The lowest BCUT2D eigenvalue weighted by Crippen LogP contribution is -2.47. The second kappa shape index (κ2) is 13.0. The van der Waals surface area contributed by atoms with Gasteiger partial charge in [0.15, 0.2) is 23.0 Å². The average Bonchev–Trinajstić information content (AvgIpc) is 3.06. The Kier molecular flexibility index (Phi) is 9.26. The normalized spacial score (nSPS) is 23.4. The van der Waals surface area contributed by atoms with E-state index in [4.69, 9.17) is 30.5 Å². The molecule has 0 aliphatic carbocycles. The lowest BCUT2D eigenvalue weighted by Gasteiger charge is -2.49. The van der Waals surface area contributed by atoms with Crippen molar-refractivity contribution in [3.63, 3.8) is 0 Å². The van der Waals surface area contributed by atoms with Crippen molar-refractivity contribution in [1.29, 1.82) is 0 Å². The first-order valence-electron chi connectivity index (χ1n) is 15.7. The molecule has 0 saturated carbocycles. The van der Waals surface area contributed by atoms with E-state index in [1.54, 1.807) is 57.0 Å². The van der Waals surface area contributed by atoms with Crippen molar-refractivity contribution in [3.8, 4) is 23.0 Å². The van der Waals surface area contributed by atoms with E-state index in [9.17, 15) is 8.42 Å². The van der Waals surface area contributed by atoms with Crippen LogP contribution in [0.25, 0.3) is 0 Å². The van der Waals surface area contributed by atoms with Gasteiger partial charge in [-0.1, -0.05) is 24.9 Å². The Labute approximate surface area is 272 Å². The van der Waals surface area contributed by atoms with E-state index >= 15 is 0 Å². The second-order valence-corrected chi connectivity index (χ2v) is 14.6. The number of piperidine rings is 1. The van der Waals surface area contributed by atoms with Crippen LogP contribution in [0.5, 0.6) is 23.0 Å². The molecule has 0 spiro atoms. The van der Waals surface area contributed by atoms with Gasteiger partial charge < -0.3 is 18.9 Å². The summed E-state index contributed by atoms with van der Waals surface area (Å²) in [6.45, 7) is 4.62. The van der Waals surface area contributed by atoms with Gasteiger partial charge in [-0.05, 0) is 108 Å². The molecule has 242 valence electrons. The molecule has 8 nitrogen and oxygen atoms in total. The molecule has 1 saturated heterocycles. The quantitative estimate of drug-likeness (QED) is 0.254. The highest BCUT2D eigenvalue weighted by molar-refractivity contribution is 7.89. The predicted molar refractivity (Wildman–Crippen MR) is 175 cm³/mol. The van der Waals surface area contributed by atoms with Crippen LogP contribution in [0.1, 0.15) is 60.5 Å². The number of sulfonamides is 1. The van der Waals surface area contributed by atoms with Crippen LogP contribution in [-0.2, 0) is 22.9 Å². The lowest BCUT2D eigenvalue weighted by molar-refractivity contribution is 0.0386. The number of nitrogens with zero attached hydrogens (tertiary/aromatic N) is 2. The van der Waals surface area contributed by atoms with Crippen molar-refractivity contribution >= 4 is 21.6 Å². The molecule has 0 radical (unpaired) electrons. The molecule has 0 N–H and O–H groups in total. The Hall–Kier alpha value is -2.98. The zero-order valence-corrected chi connectivity index (χ0v) is 28.3. The Balaban J connectivity index is 1.41. The number of benzene rings is 3. The standard InChI is InChI=1S/C35H43ClN2O6S/c1-6-22-21-37-13-11-23-17-32(41-2)34(43-4)19-28(23)30(37)15-25(22)16-31-29-20-35(44-5)33(42-3)18-24(29)12-14-38(31)45(39,40)27-9-7-26(36)8-10-27/h7-10,17-20,22,25,30-31H,6,11-16,21H2,1-5H3/t22-,25+,30-,31+/m0/s1. The highest BCUT2D eigenvalue weighted by Crippen LogP contribution is 2.50. The predicted octanol–water partition coefficient (Wildman–Crippen LogP) is 6.70. The lowest BCUT2D eigenvalue weighted by atomic mass is 9.72. The van der Waals surface area contributed by atoms with E-state index in [1.807, 2.05) is 12.1 Å². The van der Waals surface area contributed by atoms with Crippen LogP contribution in [0.2, 0.25) is 5.02 Å². The van der Waals surface area contributed by atoms with Gasteiger partial charge in [-0.2, -0.15) is 4.31 Å². The maximum atomic E-state index is 14.3. The first-order chi connectivity index (χ1) is 21.7. The van der Waals surface area contributed by atoms with E-state index in [2.05, 4.69) is 24.0 Å². The number of hydrogen-bond acceptors (Lipinski definition) is 7. The molecular formula is C35H43ClN2O6S. The van der Waals surface area contributed by atoms with E-state index in [0.29, 0.717) is 47.7 Å². The third-order valence-corrected chi connectivity index (χ3v) is 12.4. The minimum absolute atomic E-state index is 0.233. The molecule has 0 bridgehead atoms. The Morgan fingerprint density at radius 3 is 1.93 bits per heavy atom. The summed E-state index contributed by atoms with van der Waals surface area (Å²) >= 11 is 6.14. The van der Waals surface area contributed by atoms with Crippen LogP contribution in [0.3, 0.4) is 0 Å². The van der Waals surface area contributed by atoms with Crippen LogP contribution >= 0.6 is 11.6 Å². The zero-order valence-electron chi connectivity index (χ0n) is 26.7. The number of ether oxygens (including phenoxy) is 4. The van der Waals surface area contributed by atoms with Gasteiger partial charge in [0.25, 0.3) is 0 Å². The van der Waals surface area contributed by atoms with Gasteiger partial charge in [0.1, 0.15) is 0 Å². The molecule has 3 aliphatic rings. The van der Waals surface area contributed by atoms with Gasteiger partial charge in [-0.25, -0.2) is 8.42 Å². The summed E-state index contributed by atoms with van der Waals surface area (Å²) in [7, 11) is 2.81. The van der Waals surface area contributed by atoms with Gasteiger partial charge in [-0.15, -0.1) is 0 Å². The first-order valence-corrected chi connectivity index (χ1v) is 17.5. The van der Waals surface area contributed by atoms with Crippen molar-refractivity contribution in [2.75, 3.05) is 48.1 Å². The minimum Gasteiger partial charge on any atom is -0.493 e. The first kappa shape index (κ1) is 32.0. The molecule has 10 heteroatoms. The molecule has 3 aromatic carbocycles. The maximum absolute atomic E-state index is 14.3. The van der Waals surface area contributed by atoms with Gasteiger partial charge >= 0.3 is 0 Å². The number of hydrogen-bond donors (Lipinski definition) is 0. The summed E-state index contributed by atoms with van der Waals surface area (Å²) in [5.74, 6) is 3.50. The molecular weight excluding hydrogens is 612 g/mol. The monoisotopic (exact) mass is 654 g/mol. The smallest absolute Gasteiger partial charge is 0.243 e. The van der Waals surface area contributed by atoms with E-state index in [0.717, 1.165) is 55.0 Å². The Morgan fingerprint density at radius 2 is 1.33 bits per heavy atom. The second-order valence-electron chi connectivity index (χ2n) is 12.3. The van der Waals surface area contributed by atoms with Crippen molar-refractivity contribution in [1.82, 2.24) is 9.21 Å². The van der Waals surface area contributed by atoms with Crippen LogP contribution < -0.4 is 18.9 Å². The summed E-state index contributed by atoms with van der Waals surface area (Å²) in [6, 6.07) is 14.7. The highest BCUT2D eigenvalue weighted by atomic mass is 35.5. The number of rotatable bonds is 9. The molecule has 1 fully saturated rings. The molecule has 3 aromatic rings. The van der Waals surface area contributed by atoms with Crippen LogP contribution in [0.15, 0.2) is 53.4 Å². The fourth-order valence-electron chi connectivity index (χ4n) is 7.82. The third kappa shape index (κ3) is 5.88. The minimum atomic E-state index is -3.81. The van der Waals surface area contributed by atoms with Crippen LogP contribution in [0.4, 0.5) is 0 Å². The Morgan fingerprint density at radius 1 is 0.778 bits per heavy atom. The number of methoxy groups -OCH3 is 4.